The number of para-hydroxylation sites is 1. The van der Waals surface area contributed by atoms with Crippen molar-refractivity contribution in [1.29, 1.82) is 0 Å². The van der Waals surface area contributed by atoms with E-state index in [1.807, 2.05) is 6.07 Å². The predicted octanol–water partition coefficient (Wildman–Crippen LogP) is 3.34. The third kappa shape index (κ3) is 2.63. The van der Waals surface area contributed by atoms with Gasteiger partial charge in [0.05, 0.1) is 4.47 Å². The number of halogens is 2. The summed E-state index contributed by atoms with van der Waals surface area (Å²) < 4.78 is 5.53. The van der Waals surface area contributed by atoms with Crippen LogP contribution in [0.3, 0.4) is 0 Å². The zero-order chi connectivity index (χ0) is 8.27. The van der Waals surface area contributed by atoms with Gasteiger partial charge in [0.2, 0.25) is 0 Å². The van der Waals surface area contributed by atoms with Crippen LogP contribution < -0.4 is 4.74 Å². The molecule has 0 aliphatic rings. The van der Waals surface area contributed by atoms with E-state index in [9.17, 15) is 4.79 Å². The summed E-state index contributed by atoms with van der Waals surface area (Å²) in [4.78, 5) is 9.94. The van der Waals surface area contributed by atoms with Crippen molar-refractivity contribution in [2.24, 2.45) is 0 Å². The first kappa shape index (κ1) is 8.74. The van der Waals surface area contributed by atoms with Crippen molar-refractivity contribution in [2.45, 2.75) is 0 Å². The molecule has 0 N–H and O–H groups in total. The van der Waals surface area contributed by atoms with Crippen molar-refractivity contribution < 1.29 is 9.53 Å². The molecule has 0 heterocycles. The largest absolute Gasteiger partial charge is 0.417 e. The molecule has 0 unspecified atom stereocenters. The molecule has 0 atom stereocenters. The summed E-state index contributed by atoms with van der Waals surface area (Å²) in [7, 11) is 0. The van der Waals surface area contributed by atoms with Crippen molar-refractivity contribution in [3.8, 4) is 5.75 Å². The van der Waals surface area contributed by atoms with Gasteiger partial charge in [0.25, 0.3) is 0 Å². The van der Waals surface area contributed by atoms with Gasteiger partial charge in [0, 0.05) is 15.9 Å². The van der Waals surface area contributed by atoms with Gasteiger partial charge in [-0.05, 0) is 28.1 Å². The second-order valence-corrected chi connectivity index (χ2v) is 3.27. The normalized spacial score (nSPS) is 9.27. The maximum absolute atomic E-state index is 10.4. The third-order valence-corrected chi connectivity index (χ3v) is 1.84. The summed E-state index contributed by atoms with van der Waals surface area (Å²) in [6.07, 6.45) is 0. The van der Waals surface area contributed by atoms with E-state index in [0.29, 0.717) is 5.75 Å². The van der Waals surface area contributed by atoms with E-state index in [2.05, 4.69) is 31.9 Å². The number of ether oxygens (including phenoxy) is 1. The second-order valence-electron chi connectivity index (χ2n) is 1.77. The highest BCUT2D eigenvalue weighted by Gasteiger charge is 2.01. The first-order valence-corrected chi connectivity index (χ1v) is 4.40. The molecule has 0 amide bonds. The minimum absolute atomic E-state index is 0.496. The first-order valence-electron chi connectivity index (χ1n) is 2.82. The van der Waals surface area contributed by atoms with Crippen LogP contribution >= 0.6 is 31.9 Å². The lowest BCUT2D eigenvalue weighted by atomic mass is 10.3. The van der Waals surface area contributed by atoms with Crippen LogP contribution in [-0.2, 0) is 0 Å². The molecule has 0 saturated heterocycles. The molecule has 0 aliphatic heterocycles. The van der Waals surface area contributed by atoms with E-state index < -0.39 is 4.88 Å². The lowest BCUT2D eigenvalue weighted by Crippen LogP contribution is -1.95. The fourth-order valence-corrected chi connectivity index (χ4v) is 1.15. The van der Waals surface area contributed by atoms with Gasteiger partial charge in [-0.15, -0.1) is 0 Å². The number of carbonyl (C=O) groups excluding carboxylic acids is 1. The Morgan fingerprint density at radius 3 is 2.55 bits per heavy atom. The average molecular weight is 280 g/mol. The van der Waals surface area contributed by atoms with Crippen molar-refractivity contribution >= 4 is 36.7 Å². The van der Waals surface area contributed by atoms with Crippen LogP contribution in [0, 0.1) is 0 Å². The van der Waals surface area contributed by atoms with Crippen molar-refractivity contribution in [1.82, 2.24) is 0 Å². The summed E-state index contributed by atoms with van der Waals surface area (Å²) in [6.45, 7) is 0. The van der Waals surface area contributed by atoms with Gasteiger partial charge in [-0.25, -0.2) is 4.79 Å². The highest BCUT2D eigenvalue weighted by Crippen LogP contribution is 2.24. The quantitative estimate of drug-likeness (QED) is 0.737. The molecular weight excluding hydrogens is 276 g/mol. The Labute approximate surface area is 80.8 Å². The third-order valence-electron chi connectivity index (χ3n) is 1.03. The molecular formula is C7H4Br2O2. The Morgan fingerprint density at radius 2 is 2.00 bits per heavy atom. The van der Waals surface area contributed by atoms with Gasteiger partial charge in [-0.3, -0.25) is 0 Å². The fraction of sp³-hybridized carbons (Fsp3) is 0. The maximum Gasteiger partial charge on any atom is 0.380 e. The molecule has 1 aromatic rings. The fourth-order valence-electron chi connectivity index (χ4n) is 0.614. The molecule has 0 spiro atoms. The molecule has 4 heteroatoms. The van der Waals surface area contributed by atoms with Crippen LogP contribution in [0.2, 0.25) is 0 Å². The van der Waals surface area contributed by atoms with Gasteiger partial charge in [-0.1, -0.05) is 12.1 Å². The van der Waals surface area contributed by atoms with Crippen LogP contribution in [0.5, 0.6) is 5.75 Å². The highest BCUT2D eigenvalue weighted by atomic mass is 79.9. The van der Waals surface area contributed by atoms with Crippen molar-refractivity contribution in [3.63, 3.8) is 0 Å². The predicted molar refractivity (Wildman–Crippen MR) is 49.1 cm³/mol. The van der Waals surface area contributed by atoms with Crippen molar-refractivity contribution in [3.05, 3.63) is 28.7 Å². The van der Waals surface area contributed by atoms with Gasteiger partial charge < -0.3 is 4.74 Å². The number of carbonyl (C=O) groups is 1. The number of rotatable bonds is 1. The molecule has 0 bridgehead atoms. The SMILES string of the molecule is O=C(Br)Oc1ccccc1Br. The molecule has 0 aliphatic carbocycles. The number of hydrogen-bond acceptors (Lipinski definition) is 2. The van der Waals surface area contributed by atoms with E-state index in [4.69, 9.17) is 4.74 Å². The summed E-state index contributed by atoms with van der Waals surface area (Å²) in [5, 5.41) is 0. The summed E-state index contributed by atoms with van der Waals surface area (Å²) in [5.74, 6) is 0.509. The van der Waals surface area contributed by atoms with E-state index in [1.165, 1.54) is 0 Å². The van der Waals surface area contributed by atoms with E-state index in [1.54, 1.807) is 18.2 Å². The molecule has 2 nitrogen and oxygen atoms in total. The van der Waals surface area contributed by atoms with Crippen LogP contribution in [0.1, 0.15) is 0 Å². The molecule has 0 radical (unpaired) electrons. The van der Waals surface area contributed by atoms with E-state index >= 15 is 0 Å². The average Bonchev–Trinajstić information content (AvgIpc) is 1.93. The zero-order valence-corrected chi connectivity index (χ0v) is 8.55. The Bertz CT molecular complexity index is 273. The molecule has 1 aromatic carbocycles. The summed E-state index contributed by atoms with van der Waals surface area (Å²) >= 11 is 5.89. The van der Waals surface area contributed by atoms with E-state index in [-0.39, 0.29) is 0 Å². The van der Waals surface area contributed by atoms with E-state index in [0.717, 1.165) is 4.47 Å². The number of hydrogen-bond donors (Lipinski definition) is 0. The molecule has 0 saturated carbocycles. The van der Waals surface area contributed by atoms with Crippen LogP contribution in [0.4, 0.5) is 4.79 Å². The van der Waals surface area contributed by atoms with Gasteiger partial charge in [-0.2, -0.15) is 0 Å². The lowest BCUT2D eigenvalue weighted by Gasteiger charge is -2.00. The van der Waals surface area contributed by atoms with Crippen LogP contribution in [0.15, 0.2) is 28.7 Å². The van der Waals surface area contributed by atoms with Gasteiger partial charge in [0.15, 0.2) is 0 Å². The maximum atomic E-state index is 10.4. The number of benzene rings is 1. The van der Waals surface area contributed by atoms with Crippen molar-refractivity contribution in [2.75, 3.05) is 0 Å². The minimum atomic E-state index is -0.496. The monoisotopic (exact) mass is 278 g/mol. The summed E-state index contributed by atoms with van der Waals surface area (Å²) in [6, 6.07) is 7.13. The Morgan fingerprint density at radius 1 is 1.36 bits per heavy atom. The molecule has 58 valence electrons. The molecule has 1 rings (SSSR count). The summed E-state index contributed by atoms with van der Waals surface area (Å²) in [5.41, 5.74) is 0. The molecule has 0 aromatic heterocycles. The standard InChI is InChI=1S/C7H4Br2O2/c8-5-3-1-2-4-6(5)11-7(9)10/h1-4H. The Kier molecular flexibility index (Phi) is 3.08. The zero-order valence-electron chi connectivity index (χ0n) is 5.38. The Hall–Kier alpha value is -0.350. The van der Waals surface area contributed by atoms with Gasteiger partial charge in [0.1, 0.15) is 5.75 Å². The molecule has 0 fully saturated rings. The van der Waals surface area contributed by atoms with Crippen LogP contribution in [-0.4, -0.2) is 4.88 Å². The topological polar surface area (TPSA) is 26.3 Å². The van der Waals surface area contributed by atoms with Gasteiger partial charge >= 0.3 is 4.88 Å². The smallest absolute Gasteiger partial charge is 0.380 e. The minimum Gasteiger partial charge on any atom is -0.417 e. The Balaban J connectivity index is 2.86. The van der Waals surface area contributed by atoms with Crippen LogP contribution in [0.25, 0.3) is 0 Å². The lowest BCUT2D eigenvalue weighted by molar-refractivity contribution is 0.228. The molecule has 11 heavy (non-hydrogen) atoms. The first-order chi connectivity index (χ1) is 5.20. The second kappa shape index (κ2) is 3.88. The highest BCUT2D eigenvalue weighted by molar-refractivity contribution is 9.18.